The summed E-state index contributed by atoms with van der Waals surface area (Å²) < 4.78 is 5.59. The van der Waals surface area contributed by atoms with Gasteiger partial charge in [0.25, 0.3) is 0 Å². The van der Waals surface area contributed by atoms with Crippen molar-refractivity contribution >= 4 is 0 Å². The van der Waals surface area contributed by atoms with Crippen LogP contribution >= 0.6 is 0 Å². The number of aliphatic hydroxyl groups is 1. The van der Waals surface area contributed by atoms with E-state index in [2.05, 4.69) is 17.1 Å². The first-order chi connectivity index (χ1) is 8.05. The molecule has 2 heterocycles. The third-order valence-electron chi connectivity index (χ3n) is 4.02. The summed E-state index contributed by atoms with van der Waals surface area (Å²) in [5, 5.41) is 13.5. The fourth-order valence-corrected chi connectivity index (χ4v) is 3.01. The molecule has 2 fully saturated rings. The minimum atomic E-state index is -0.487. The Kier molecular flexibility index (Phi) is 4.08. The van der Waals surface area contributed by atoms with E-state index in [0.717, 1.165) is 58.8 Å². The van der Waals surface area contributed by atoms with Crippen LogP contribution in [0.2, 0.25) is 0 Å². The molecule has 2 atom stereocenters. The van der Waals surface area contributed by atoms with Crippen molar-refractivity contribution in [3.63, 3.8) is 0 Å². The van der Waals surface area contributed by atoms with Crippen LogP contribution in [0.4, 0.5) is 0 Å². The predicted octanol–water partition coefficient (Wildman–Crippen LogP) is 0.459. The predicted molar refractivity (Wildman–Crippen MR) is 68.1 cm³/mol. The second-order valence-corrected chi connectivity index (χ2v) is 6.04. The van der Waals surface area contributed by atoms with Crippen molar-refractivity contribution in [2.75, 3.05) is 45.9 Å². The first-order valence-electron chi connectivity index (χ1n) is 6.79. The van der Waals surface area contributed by atoms with Crippen molar-refractivity contribution in [1.82, 2.24) is 10.2 Å². The number of nitrogens with zero attached hydrogens (tertiary/aromatic N) is 1. The Bertz CT molecular complexity index is 250. The first kappa shape index (κ1) is 13.3. The van der Waals surface area contributed by atoms with E-state index in [4.69, 9.17) is 4.74 Å². The summed E-state index contributed by atoms with van der Waals surface area (Å²) in [6.45, 7) is 10.7. The number of likely N-dealkylation sites (tertiary alicyclic amines) is 1. The Morgan fingerprint density at radius 1 is 1.41 bits per heavy atom. The lowest BCUT2D eigenvalue weighted by molar-refractivity contribution is 0.0575. The molecule has 4 nitrogen and oxygen atoms in total. The summed E-state index contributed by atoms with van der Waals surface area (Å²) in [7, 11) is 0. The highest BCUT2D eigenvalue weighted by atomic mass is 16.5. The van der Waals surface area contributed by atoms with Gasteiger partial charge in [0.2, 0.25) is 0 Å². The van der Waals surface area contributed by atoms with Gasteiger partial charge in [0.05, 0.1) is 12.2 Å². The number of rotatable bonds is 5. The molecule has 2 rings (SSSR count). The quantitative estimate of drug-likeness (QED) is 0.735. The number of hydrogen-bond donors (Lipinski definition) is 2. The highest BCUT2D eigenvalue weighted by Gasteiger charge is 2.40. The Balaban J connectivity index is 1.89. The molecule has 2 N–H and O–H groups in total. The number of β-amino-alcohol motifs (C(OH)–C–C–N with tert-alkyl or cyclic N) is 1. The van der Waals surface area contributed by atoms with Gasteiger partial charge in [0.15, 0.2) is 0 Å². The van der Waals surface area contributed by atoms with Gasteiger partial charge in [-0.15, -0.1) is 0 Å². The molecule has 100 valence electrons. The van der Waals surface area contributed by atoms with Crippen LogP contribution in [-0.4, -0.2) is 61.5 Å². The van der Waals surface area contributed by atoms with Crippen molar-refractivity contribution in [2.24, 2.45) is 5.41 Å². The summed E-state index contributed by atoms with van der Waals surface area (Å²) >= 11 is 0. The lowest BCUT2D eigenvalue weighted by Gasteiger charge is -2.32. The van der Waals surface area contributed by atoms with E-state index in [-0.39, 0.29) is 5.41 Å². The van der Waals surface area contributed by atoms with Gasteiger partial charge in [0, 0.05) is 38.2 Å². The molecule has 0 spiro atoms. The van der Waals surface area contributed by atoms with Crippen molar-refractivity contribution in [3.8, 4) is 0 Å². The molecule has 2 aliphatic heterocycles. The minimum Gasteiger partial charge on any atom is -0.389 e. The molecule has 2 saturated heterocycles. The highest BCUT2D eigenvalue weighted by molar-refractivity contribution is 4.93. The van der Waals surface area contributed by atoms with Crippen LogP contribution in [0.3, 0.4) is 0 Å². The van der Waals surface area contributed by atoms with E-state index in [1.54, 1.807) is 0 Å². The Labute approximate surface area is 104 Å². The lowest BCUT2D eigenvalue weighted by atomic mass is 9.86. The smallest absolute Gasteiger partial charge is 0.0758 e. The molecule has 0 aliphatic carbocycles. The standard InChI is InChI=1S/C13H26N2O2/c1-3-14-8-13(5-7-17-11-13)10-15-6-4-12(2,16)9-15/h14,16H,3-11H2,1-2H3. The maximum absolute atomic E-state index is 10.0. The van der Waals surface area contributed by atoms with Crippen LogP contribution in [0.15, 0.2) is 0 Å². The van der Waals surface area contributed by atoms with Gasteiger partial charge in [-0.2, -0.15) is 0 Å². The minimum absolute atomic E-state index is 0.260. The van der Waals surface area contributed by atoms with Gasteiger partial charge in [-0.1, -0.05) is 6.92 Å². The lowest BCUT2D eigenvalue weighted by Crippen LogP contribution is -2.45. The molecule has 0 bridgehead atoms. The van der Waals surface area contributed by atoms with Crippen LogP contribution in [0, 0.1) is 5.41 Å². The van der Waals surface area contributed by atoms with Crippen LogP contribution in [0.5, 0.6) is 0 Å². The van der Waals surface area contributed by atoms with Crippen molar-refractivity contribution < 1.29 is 9.84 Å². The van der Waals surface area contributed by atoms with Crippen molar-refractivity contribution in [1.29, 1.82) is 0 Å². The van der Waals surface area contributed by atoms with E-state index in [1.807, 2.05) is 6.92 Å². The van der Waals surface area contributed by atoms with E-state index in [9.17, 15) is 5.11 Å². The largest absolute Gasteiger partial charge is 0.389 e. The third kappa shape index (κ3) is 3.41. The van der Waals surface area contributed by atoms with E-state index >= 15 is 0 Å². The molecule has 17 heavy (non-hydrogen) atoms. The van der Waals surface area contributed by atoms with Crippen LogP contribution in [0.25, 0.3) is 0 Å². The zero-order chi connectivity index (χ0) is 12.4. The van der Waals surface area contributed by atoms with Crippen molar-refractivity contribution in [2.45, 2.75) is 32.3 Å². The average Bonchev–Trinajstić information content (AvgIpc) is 2.84. The summed E-state index contributed by atoms with van der Waals surface area (Å²) in [5.74, 6) is 0. The molecule has 0 aromatic heterocycles. The molecule has 0 aromatic carbocycles. The molecule has 4 heteroatoms. The fourth-order valence-electron chi connectivity index (χ4n) is 3.01. The molecular formula is C13H26N2O2. The molecule has 0 radical (unpaired) electrons. The molecular weight excluding hydrogens is 216 g/mol. The van der Waals surface area contributed by atoms with Gasteiger partial charge in [-0.25, -0.2) is 0 Å². The maximum Gasteiger partial charge on any atom is 0.0758 e. The molecule has 2 unspecified atom stereocenters. The highest BCUT2D eigenvalue weighted by Crippen LogP contribution is 2.31. The Morgan fingerprint density at radius 3 is 2.76 bits per heavy atom. The Morgan fingerprint density at radius 2 is 2.24 bits per heavy atom. The number of ether oxygens (including phenoxy) is 1. The Hall–Kier alpha value is -0.160. The van der Waals surface area contributed by atoms with Gasteiger partial charge in [-0.05, 0) is 26.3 Å². The molecule has 0 amide bonds. The SMILES string of the molecule is CCNCC1(CN2CCC(C)(O)C2)CCOC1. The van der Waals surface area contributed by atoms with Gasteiger partial charge in [0.1, 0.15) is 0 Å². The monoisotopic (exact) mass is 242 g/mol. The summed E-state index contributed by atoms with van der Waals surface area (Å²) in [5.41, 5.74) is -0.227. The van der Waals surface area contributed by atoms with Gasteiger partial charge >= 0.3 is 0 Å². The first-order valence-corrected chi connectivity index (χ1v) is 6.79. The number of nitrogens with one attached hydrogen (secondary N) is 1. The van der Waals surface area contributed by atoms with E-state index in [1.165, 1.54) is 0 Å². The van der Waals surface area contributed by atoms with E-state index < -0.39 is 5.60 Å². The summed E-state index contributed by atoms with van der Waals surface area (Å²) in [6, 6.07) is 0. The second-order valence-electron chi connectivity index (χ2n) is 6.04. The fraction of sp³-hybridized carbons (Fsp3) is 1.00. The normalized spacial score (nSPS) is 39.0. The topological polar surface area (TPSA) is 44.7 Å². The summed E-state index contributed by atoms with van der Waals surface area (Å²) in [6.07, 6.45) is 2.03. The summed E-state index contributed by atoms with van der Waals surface area (Å²) in [4.78, 5) is 2.39. The zero-order valence-corrected chi connectivity index (χ0v) is 11.2. The van der Waals surface area contributed by atoms with E-state index in [0.29, 0.717) is 0 Å². The van der Waals surface area contributed by atoms with Crippen LogP contribution in [-0.2, 0) is 4.74 Å². The molecule has 2 aliphatic rings. The van der Waals surface area contributed by atoms with Crippen molar-refractivity contribution in [3.05, 3.63) is 0 Å². The number of hydrogen-bond acceptors (Lipinski definition) is 4. The van der Waals surface area contributed by atoms with Crippen LogP contribution in [0.1, 0.15) is 26.7 Å². The maximum atomic E-state index is 10.0. The zero-order valence-electron chi connectivity index (χ0n) is 11.2. The third-order valence-corrected chi connectivity index (χ3v) is 4.02. The van der Waals surface area contributed by atoms with Crippen LogP contribution < -0.4 is 5.32 Å². The second kappa shape index (κ2) is 5.22. The molecule has 0 aromatic rings. The van der Waals surface area contributed by atoms with Gasteiger partial charge < -0.3 is 15.2 Å². The average molecular weight is 242 g/mol. The molecule has 0 saturated carbocycles. The van der Waals surface area contributed by atoms with Gasteiger partial charge in [-0.3, -0.25) is 4.90 Å².